The normalized spacial score (nSPS) is 9.29. The summed E-state index contributed by atoms with van der Waals surface area (Å²) < 4.78 is 0. The van der Waals surface area contributed by atoms with Crippen LogP contribution < -0.4 is 0 Å². The van der Waals surface area contributed by atoms with Gasteiger partial charge in [-0.3, -0.25) is 0 Å². The van der Waals surface area contributed by atoms with Gasteiger partial charge in [0, 0.05) is 11.1 Å². The van der Waals surface area contributed by atoms with E-state index >= 15 is 0 Å². The Hall–Kier alpha value is -2.44. The summed E-state index contributed by atoms with van der Waals surface area (Å²) in [6, 6.07) is 16.1. The van der Waals surface area contributed by atoms with E-state index in [4.69, 9.17) is 12.8 Å². The average Bonchev–Trinajstić information content (AvgIpc) is 2.40. The van der Waals surface area contributed by atoms with Crippen LogP contribution in [0.5, 0.6) is 0 Å². The van der Waals surface area contributed by atoms with Crippen LogP contribution in [-0.2, 0) is 6.42 Å². The van der Waals surface area contributed by atoms with Crippen molar-refractivity contribution in [3.8, 4) is 24.7 Å². The van der Waals surface area contributed by atoms with E-state index < -0.39 is 0 Å². The summed E-state index contributed by atoms with van der Waals surface area (Å²) in [5.41, 5.74) is 4.32. The van der Waals surface area contributed by atoms with Gasteiger partial charge in [0.1, 0.15) is 0 Å². The van der Waals surface area contributed by atoms with Crippen molar-refractivity contribution in [3.63, 3.8) is 0 Å². The van der Waals surface area contributed by atoms with Crippen molar-refractivity contribution in [2.75, 3.05) is 0 Å². The van der Waals surface area contributed by atoms with Gasteiger partial charge in [0.05, 0.1) is 0 Å². The zero-order chi connectivity index (χ0) is 12.1. The third-order valence-corrected chi connectivity index (χ3v) is 2.65. The summed E-state index contributed by atoms with van der Waals surface area (Å²) >= 11 is 0. The standard InChI is InChI=1S/C17H12/c1-3-14-5-9-16(10-6-14)13-17-11-7-15(4-2)8-12-17/h1-2,5-12H,13H2. The molecule has 0 aliphatic heterocycles. The SMILES string of the molecule is C#Cc1ccc(Cc2ccc(C#C)cc2)cc1. The lowest BCUT2D eigenvalue weighted by molar-refractivity contribution is 1.19. The minimum Gasteiger partial charge on any atom is -0.115 e. The van der Waals surface area contributed by atoms with Gasteiger partial charge < -0.3 is 0 Å². The topological polar surface area (TPSA) is 0 Å². The Labute approximate surface area is 102 Å². The van der Waals surface area contributed by atoms with E-state index in [-0.39, 0.29) is 0 Å². The highest BCUT2D eigenvalue weighted by molar-refractivity contribution is 5.38. The Bertz CT molecular complexity index is 516. The van der Waals surface area contributed by atoms with Gasteiger partial charge in [0.25, 0.3) is 0 Å². The van der Waals surface area contributed by atoms with Crippen LogP contribution in [0.15, 0.2) is 48.5 Å². The van der Waals surface area contributed by atoms with Gasteiger partial charge in [-0.1, -0.05) is 36.1 Å². The van der Waals surface area contributed by atoms with E-state index in [0.717, 1.165) is 17.5 Å². The van der Waals surface area contributed by atoms with E-state index in [2.05, 4.69) is 36.1 Å². The van der Waals surface area contributed by atoms with Crippen LogP contribution in [0.4, 0.5) is 0 Å². The fraction of sp³-hybridized carbons (Fsp3) is 0.0588. The fourth-order valence-electron chi connectivity index (χ4n) is 1.67. The highest BCUT2D eigenvalue weighted by atomic mass is 14.0. The predicted octanol–water partition coefficient (Wildman–Crippen LogP) is 3.24. The first kappa shape index (κ1) is 11.1. The molecule has 2 aromatic carbocycles. The molecule has 80 valence electrons. The van der Waals surface area contributed by atoms with Gasteiger partial charge in [-0.15, -0.1) is 12.8 Å². The van der Waals surface area contributed by atoms with Crippen LogP contribution in [0.1, 0.15) is 22.3 Å². The first-order valence-corrected chi connectivity index (χ1v) is 5.43. The maximum Gasteiger partial charge on any atom is 0.0242 e. The fourth-order valence-corrected chi connectivity index (χ4v) is 1.67. The summed E-state index contributed by atoms with van der Waals surface area (Å²) in [7, 11) is 0. The van der Waals surface area contributed by atoms with Crippen LogP contribution in [0.25, 0.3) is 0 Å². The second kappa shape index (κ2) is 5.06. The van der Waals surface area contributed by atoms with Gasteiger partial charge in [0.15, 0.2) is 0 Å². The summed E-state index contributed by atoms with van der Waals surface area (Å²) in [6.45, 7) is 0. The smallest absolute Gasteiger partial charge is 0.0242 e. The largest absolute Gasteiger partial charge is 0.115 e. The van der Waals surface area contributed by atoms with Crippen LogP contribution >= 0.6 is 0 Å². The summed E-state index contributed by atoms with van der Waals surface area (Å²) in [5.74, 6) is 5.22. The first-order valence-electron chi connectivity index (χ1n) is 5.43. The molecule has 0 nitrogen and oxygen atoms in total. The molecule has 0 fully saturated rings. The molecule has 0 atom stereocenters. The van der Waals surface area contributed by atoms with Crippen molar-refractivity contribution < 1.29 is 0 Å². The third kappa shape index (κ3) is 2.77. The number of hydrogen-bond donors (Lipinski definition) is 0. The highest BCUT2D eigenvalue weighted by Crippen LogP contribution is 2.11. The van der Waals surface area contributed by atoms with Crippen molar-refractivity contribution in [3.05, 3.63) is 70.8 Å². The lowest BCUT2D eigenvalue weighted by Crippen LogP contribution is -1.88. The van der Waals surface area contributed by atoms with Crippen LogP contribution in [0.2, 0.25) is 0 Å². The molecule has 2 rings (SSSR count). The van der Waals surface area contributed by atoms with Crippen molar-refractivity contribution in [2.45, 2.75) is 6.42 Å². The Balaban J connectivity index is 2.14. The minimum atomic E-state index is 0.899. The van der Waals surface area contributed by atoms with Gasteiger partial charge >= 0.3 is 0 Å². The molecule has 0 spiro atoms. The van der Waals surface area contributed by atoms with Crippen molar-refractivity contribution >= 4 is 0 Å². The third-order valence-electron chi connectivity index (χ3n) is 2.65. The molecule has 0 radical (unpaired) electrons. The predicted molar refractivity (Wildman–Crippen MR) is 71.6 cm³/mol. The molecule has 0 bridgehead atoms. The molecule has 0 aliphatic carbocycles. The number of rotatable bonds is 2. The zero-order valence-corrected chi connectivity index (χ0v) is 9.48. The van der Waals surface area contributed by atoms with E-state index in [1.807, 2.05) is 24.3 Å². The molecule has 0 heterocycles. The zero-order valence-electron chi connectivity index (χ0n) is 9.48. The Morgan fingerprint density at radius 3 is 1.29 bits per heavy atom. The molecule has 0 unspecified atom stereocenters. The molecule has 2 aromatic rings. The summed E-state index contributed by atoms with van der Waals surface area (Å²) in [6.07, 6.45) is 11.5. The lowest BCUT2D eigenvalue weighted by Gasteiger charge is -2.02. The van der Waals surface area contributed by atoms with E-state index in [9.17, 15) is 0 Å². The maximum absolute atomic E-state index is 5.32. The highest BCUT2D eigenvalue weighted by Gasteiger charge is 1.96. The molecule has 17 heavy (non-hydrogen) atoms. The number of benzene rings is 2. The average molecular weight is 216 g/mol. The Morgan fingerprint density at radius 2 is 1.00 bits per heavy atom. The summed E-state index contributed by atoms with van der Waals surface area (Å²) in [5, 5.41) is 0. The molecule has 0 saturated heterocycles. The molecular formula is C17H12. The van der Waals surface area contributed by atoms with Crippen molar-refractivity contribution in [2.24, 2.45) is 0 Å². The van der Waals surface area contributed by atoms with E-state index in [0.29, 0.717) is 0 Å². The molecule has 0 saturated carbocycles. The van der Waals surface area contributed by atoms with E-state index in [1.54, 1.807) is 0 Å². The minimum absolute atomic E-state index is 0.899. The van der Waals surface area contributed by atoms with Crippen LogP contribution in [0.3, 0.4) is 0 Å². The van der Waals surface area contributed by atoms with Crippen molar-refractivity contribution in [1.82, 2.24) is 0 Å². The Kier molecular flexibility index (Phi) is 3.29. The number of terminal acetylenes is 2. The molecule has 0 amide bonds. The van der Waals surface area contributed by atoms with E-state index in [1.165, 1.54) is 11.1 Å². The molecule has 0 aliphatic rings. The quantitative estimate of drug-likeness (QED) is 0.676. The van der Waals surface area contributed by atoms with Gasteiger partial charge in [-0.2, -0.15) is 0 Å². The van der Waals surface area contributed by atoms with Crippen LogP contribution in [0, 0.1) is 24.7 Å². The monoisotopic (exact) mass is 216 g/mol. The summed E-state index contributed by atoms with van der Waals surface area (Å²) in [4.78, 5) is 0. The molecule has 0 heteroatoms. The molecule has 0 aromatic heterocycles. The second-order valence-corrected chi connectivity index (χ2v) is 3.86. The van der Waals surface area contributed by atoms with Gasteiger partial charge in [-0.05, 0) is 41.8 Å². The molecule has 0 N–H and O–H groups in total. The van der Waals surface area contributed by atoms with Gasteiger partial charge in [-0.25, -0.2) is 0 Å². The maximum atomic E-state index is 5.32. The van der Waals surface area contributed by atoms with Gasteiger partial charge in [0.2, 0.25) is 0 Å². The molecular weight excluding hydrogens is 204 g/mol. The lowest BCUT2D eigenvalue weighted by atomic mass is 10.0. The van der Waals surface area contributed by atoms with Crippen LogP contribution in [-0.4, -0.2) is 0 Å². The Morgan fingerprint density at radius 1 is 0.647 bits per heavy atom. The number of hydrogen-bond acceptors (Lipinski definition) is 0. The second-order valence-electron chi connectivity index (χ2n) is 3.86. The van der Waals surface area contributed by atoms with Crippen molar-refractivity contribution in [1.29, 1.82) is 0 Å². The first-order chi connectivity index (χ1) is 8.31.